The number of aromatic nitrogens is 2. The van der Waals surface area contributed by atoms with Gasteiger partial charge in [-0.05, 0) is 23.3 Å². The van der Waals surface area contributed by atoms with E-state index < -0.39 is 0 Å². The minimum Gasteiger partial charge on any atom is -0.481 e. The molecule has 0 amide bonds. The van der Waals surface area contributed by atoms with Crippen LogP contribution in [0.5, 0.6) is 5.75 Å². The summed E-state index contributed by atoms with van der Waals surface area (Å²) in [5, 5.41) is 0. The zero-order valence-corrected chi connectivity index (χ0v) is 15.9. The van der Waals surface area contributed by atoms with E-state index in [4.69, 9.17) is 4.74 Å². The molecule has 0 saturated heterocycles. The number of fused-ring (bicyclic) bond motifs is 1. The van der Waals surface area contributed by atoms with Gasteiger partial charge >= 0.3 is 5.65 Å². The average Bonchev–Trinajstić information content (AvgIpc) is 2.97. The molecule has 136 valence electrons. The number of pyridine rings is 1. The van der Waals surface area contributed by atoms with Gasteiger partial charge in [0.1, 0.15) is 18.0 Å². The smallest absolute Gasteiger partial charge is 0.329 e. The maximum Gasteiger partial charge on any atom is 0.329 e. The first-order chi connectivity index (χ1) is 13.2. The van der Waals surface area contributed by atoms with Crippen LogP contribution in [0.4, 0.5) is 0 Å². The number of rotatable bonds is 6. The van der Waals surface area contributed by atoms with E-state index in [0.717, 1.165) is 24.4 Å². The molecule has 3 nitrogen and oxygen atoms in total. The van der Waals surface area contributed by atoms with E-state index in [1.54, 1.807) is 0 Å². The predicted molar refractivity (Wildman–Crippen MR) is 108 cm³/mol. The van der Waals surface area contributed by atoms with E-state index in [1.807, 2.05) is 18.2 Å². The van der Waals surface area contributed by atoms with Crippen molar-refractivity contribution in [1.29, 1.82) is 0 Å². The zero-order chi connectivity index (χ0) is 18.6. The maximum atomic E-state index is 6.22. The van der Waals surface area contributed by atoms with Gasteiger partial charge in [-0.2, -0.15) is 4.40 Å². The highest BCUT2D eigenvalue weighted by Gasteiger charge is 2.23. The fraction of sp³-hybridized carbons (Fsp3) is 0.208. The van der Waals surface area contributed by atoms with Crippen LogP contribution < -0.4 is 9.14 Å². The molecule has 3 heteroatoms. The number of benzene rings is 2. The molecule has 0 N–H and O–H groups in total. The van der Waals surface area contributed by atoms with Gasteiger partial charge < -0.3 is 4.74 Å². The van der Waals surface area contributed by atoms with E-state index >= 15 is 0 Å². The number of aryl methyl sites for hydroxylation is 3. The Morgan fingerprint density at radius 2 is 1.48 bits per heavy atom. The van der Waals surface area contributed by atoms with Crippen LogP contribution in [0.15, 0.2) is 79.0 Å². The molecule has 0 saturated carbocycles. The lowest BCUT2D eigenvalue weighted by atomic mass is 10.1. The van der Waals surface area contributed by atoms with Crippen molar-refractivity contribution in [3.8, 4) is 5.75 Å². The minimum absolute atomic E-state index is 0.572. The van der Waals surface area contributed by atoms with E-state index in [0.29, 0.717) is 6.61 Å². The summed E-state index contributed by atoms with van der Waals surface area (Å²) in [7, 11) is 0. The van der Waals surface area contributed by atoms with Crippen molar-refractivity contribution in [3.05, 3.63) is 102 Å². The standard InChI is InChI=1S/C24H25N2O/c1-19-20(2)26(17-15-21-10-5-3-6-11-21)24-23(14-9-16-25(19)24)27-18-22-12-7-4-8-13-22/h3-14,16H,15,17-18H2,1-2H3/q+1. The Bertz CT molecular complexity index is 1040. The van der Waals surface area contributed by atoms with Gasteiger partial charge in [-0.3, -0.25) is 0 Å². The quantitative estimate of drug-likeness (QED) is 0.459. The number of ether oxygens (including phenoxy) is 1. The van der Waals surface area contributed by atoms with E-state index in [2.05, 4.69) is 83.6 Å². The van der Waals surface area contributed by atoms with Crippen molar-refractivity contribution in [3.63, 3.8) is 0 Å². The van der Waals surface area contributed by atoms with Crippen molar-refractivity contribution in [2.75, 3.05) is 0 Å². The third-order valence-corrected chi connectivity index (χ3v) is 5.18. The van der Waals surface area contributed by atoms with Gasteiger partial charge in [0, 0.05) is 20.3 Å². The summed E-state index contributed by atoms with van der Waals surface area (Å²) in [4.78, 5) is 0. The van der Waals surface area contributed by atoms with Crippen LogP contribution in [0.2, 0.25) is 0 Å². The van der Waals surface area contributed by atoms with Crippen LogP contribution >= 0.6 is 0 Å². The lowest BCUT2D eigenvalue weighted by molar-refractivity contribution is -0.519. The Morgan fingerprint density at radius 1 is 0.815 bits per heavy atom. The van der Waals surface area contributed by atoms with Crippen molar-refractivity contribution in [2.24, 2.45) is 0 Å². The van der Waals surface area contributed by atoms with Gasteiger partial charge in [0.2, 0.25) is 5.75 Å². The molecule has 2 aromatic heterocycles. The van der Waals surface area contributed by atoms with E-state index in [-0.39, 0.29) is 0 Å². The third kappa shape index (κ3) is 3.59. The SMILES string of the molecule is Cc1c(C)[n+]2cccc(OCc3ccccc3)c2n1CCc1ccccc1. The lowest BCUT2D eigenvalue weighted by Crippen LogP contribution is -2.23. The Morgan fingerprint density at radius 3 is 2.19 bits per heavy atom. The van der Waals surface area contributed by atoms with Gasteiger partial charge in [-0.25, -0.2) is 4.57 Å². The molecule has 0 fully saturated rings. The monoisotopic (exact) mass is 357 g/mol. The molecule has 0 aliphatic heterocycles. The highest BCUT2D eigenvalue weighted by atomic mass is 16.5. The van der Waals surface area contributed by atoms with Crippen molar-refractivity contribution in [1.82, 2.24) is 4.57 Å². The fourth-order valence-electron chi connectivity index (χ4n) is 3.55. The maximum absolute atomic E-state index is 6.22. The molecule has 27 heavy (non-hydrogen) atoms. The molecule has 2 heterocycles. The molecule has 0 aliphatic carbocycles. The fourth-order valence-corrected chi connectivity index (χ4v) is 3.55. The van der Waals surface area contributed by atoms with Gasteiger partial charge in [0.05, 0.1) is 12.7 Å². The van der Waals surface area contributed by atoms with E-state index in [9.17, 15) is 0 Å². The number of nitrogens with zero attached hydrogens (tertiary/aromatic N) is 2. The Balaban J connectivity index is 1.66. The molecule has 0 aliphatic rings. The first kappa shape index (κ1) is 17.3. The first-order valence-corrected chi connectivity index (χ1v) is 9.45. The van der Waals surface area contributed by atoms with Crippen LogP contribution in [0, 0.1) is 13.8 Å². The summed E-state index contributed by atoms with van der Waals surface area (Å²) in [6.45, 7) is 5.86. The molecular formula is C24H25N2O+. The second-order valence-electron chi connectivity index (χ2n) is 6.90. The van der Waals surface area contributed by atoms with Gasteiger partial charge in [-0.1, -0.05) is 60.7 Å². The second-order valence-corrected chi connectivity index (χ2v) is 6.90. The molecule has 4 rings (SSSR count). The van der Waals surface area contributed by atoms with Gasteiger partial charge in [-0.15, -0.1) is 0 Å². The lowest BCUT2D eigenvalue weighted by Gasteiger charge is -2.07. The summed E-state index contributed by atoms with van der Waals surface area (Å²) < 4.78 is 10.8. The largest absolute Gasteiger partial charge is 0.481 e. The van der Waals surface area contributed by atoms with Gasteiger partial charge in [0.25, 0.3) is 0 Å². The molecule has 2 aromatic carbocycles. The molecule has 0 atom stereocenters. The number of hydrogen-bond donors (Lipinski definition) is 0. The zero-order valence-electron chi connectivity index (χ0n) is 15.9. The Labute approximate surface area is 160 Å². The molecule has 0 bridgehead atoms. The van der Waals surface area contributed by atoms with Crippen LogP contribution in [0.25, 0.3) is 5.65 Å². The first-order valence-electron chi connectivity index (χ1n) is 9.45. The Kier molecular flexibility index (Phi) is 4.93. The summed E-state index contributed by atoms with van der Waals surface area (Å²) in [6, 6.07) is 25.1. The van der Waals surface area contributed by atoms with Crippen LogP contribution in [-0.2, 0) is 19.6 Å². The normalized spacial score (nSPS) is 11.0. The highest BCUT2D eigenvalue weighted by molar-refractivity contribution is 5.50. The summed E-state index contributed by atoms with van der Waals surface area (Å²) in [5.74, 6) is 0.922. The van der Waals surface area contributed by atoms with Crippen molar-refractivity contribution >= 4 is 5.65 Å². The molecule has 0 spiro atoms. The minimum atomic E-state index is 0.572. The predicted octanol–water partition coefficient (Wildman–Crippen LogP) is 4.67. The third-order valence-electron chi connectivity index (χ3n) is 5.18. The number of hydrogen-bond acceptors (Lipinski definition) is 1. The molecular weight excluding hydrogens is 332 g/mol. The van der Waals surface area contributed by atoms with Crippen LogP contribution in [-0.4, -0.2) is 4.57 Å². The topological polar surface area (TPSA) is 18.3 Å². The molecule has 0 unspecified atom stereocenters. The summed E-state index contributed by atoms with van der Waals surface area (Å²) in [6.07, 6.45) is 3.12. The second kappa shape index (κ2) is 7.67. The van der Waals surface area contributed by atoms with Crippen molar-refractivity contribution in [2.45, 2.75) is 33.4 Å². The number of imidazole rings is 1. The van der Waals surface area contributed by atoms with Gasteiger partial charge in [0.15, 0.2) is 0 Å². The molecule has 0 radical (unpaired) electrons. The molecule has 4 aromatic rings. The average molecular weight is 357 g/mol. The Hall–Kier alpha value is -3.07. The van der Waals surface area contributed by atoms with Crippen LogP contribution in [0.1, 0.15) is 22.5 Å². The van der Waals surface area contributed by atoms with Crippen LogP contribution in [0.3, 0.4) is 0 Å². The summed E-state index contributed by atoms with van der Waals surface area (Å²) >= 11 is 0. The summed E-state index contributed by atoms with van der Waals surface area (Å²) in [5.41, 5.74) is 6.18. The van der Waals surface area contributed by atoms with E-state index in [1.165, 1.54) is 22.5 Å². The van der Waals surface area contributed by atoms with Crippen molar-refractivity contribution < 1.29 is 9.14 Å². The highest BCUT2D eigenvalue weighted by Crippen LogP contribution is 2.22.